The Kier molecular flexibility index (Phi) is 7.62. The predicted octanol–water partition coefficient (Wildman–Crippen LogP) is 0.0615. The molecule has 0 amide bonds. The van der Waals surface area contributed by atoms with Gasteiger partial charge in [-0.1, -0.05) is 18.8 Å². The van der Waals surface area contributed by atoms with E-state index in [0.29, 0.717) is 22.8 Å². The Balaban J connectivity index is 1.21. The number of phosphoric acid groups is 1. The number of nitrogens with zero attached hydrogens (tertiary/aromatic N) is 4. The number of aromatic nitrogens is 4. The summed E-state index contributed by atoms with van der Waals surface area (Å²) >= 11 is 5.05. The standard InChI is InChI=1S/C21H28N7O9PS/c1-9-5-27(21(31)26-19(9)39)16-4-12(13(6-29)35-16)37-38(32,33)34-7-14-11(30)3-15(36-14)28-8-23-17-10(2)24-20(22)25-18(17)28/h5,8,11-16,29-30H,2-4,6-7H2,1H3,(H,32,33)(H3,22,24,25)(H,26,31,39)/t11?,12?,13-,14-,15-,16-/m1/s1. The number of hydrogen-bond donors (Lipinski definition) is 6. The summed E-state index contributed by atoms with van der Waals surface area (Å²) < 4.78 is 37.8. The molecule has 0 spiro atoms. The second kappa shape index (κ2) is 10.7. The first-order chi connectivity index (χ1) is 18.5. The van der Waals surface area contributed by atoms with Crippen molar-refractivity contribution in [1.82, 2.24) is 24.4 Å². The topological polar surface area (TPSA) is 221 Å². The van der Waals surface area contributed by atoms with E-state index in [1.54, 1.807) is 11.5 Å². The van der Waals surface area contributed by atoms with E-state index in [1.807, 2.05) is 0 Å². The Hall–Kier alpha value is -2.73. The summed E-state index contributed by atoms with van der Waals surface area (Å²) in [6.45, 7) is 4.54. The van der Waals surface area contributed by atoms with E-state index in [1.165, 1.54) is 17.1 Å². The van der Waals surface area contributed by atoms with Crippen molar-refractivity contribution < 1.29 is 38.2 Å². The monoisotopic (exact) mass is 585 g/mol. The Labute approximate surface area is 226 Å². The minimum atomic E-state index is -4.71. The number of ether oxygens (including phenoxy) is 2. The number of guanidine groups is 1. The fraction of sp³-hybridized carbons (Fsp3) is 0.524. The molecule has 18 heteroatoms. The average molecular weight is 586 g/mol. The van der Waals surface area contributed by atoms with E-state index < -0.39 is 63.6 Å². The number of nitrogens with two attached hydrogens (primary N) is 1. The SMILES string of the molecule is C=C1NC(N)=Nc2c1ncn2[C@H]1CC(O)[C@@H](COP(=O)(O)OC2C[C@H](n3cc(C)c(=S)[nH]c3=O)O[C@@H]2CO)O1. The molecule has 5 heterocycles. The number of aryl methyl sites for hydroxylation is 1. The second-order valence-corrected chi connectivity index (χ2v) is 11.1. The van der Waals surface area contributed by atoms with Gasteiger partial charge in [0.25, 0.3) is 0 Å². The van der Waals surface area contributed by atoms with Gasteiger partial charge in [0.05, 0.1) is 31.3 Å². The number of aromatic amines is 1. The fourth-order valence-corrected chi connectivity index (χ4v) is 5.70. The summed E-state index contributed by atoms with van der Waals surface area (Å²) in [5, 5.41) is 23.0. The third kappa shape index (κ3) is 5.63. The summed E-state index contributed by atoms with van der Waals surface area (Å²) in [5.74, 6) is 0.521. The maximum absolute atomic E-state index is 12.8. The van der Waals surface area contributed by atoms with Crippen molar-refractivity contribution in [1.29, 1.82) is 0 Å². The number of fused-ring (bicyclic) bond motifs is 1. The summed E-state index contributed by atoms with van der Waals surface area (Å²) in [7, 11) is -4.71. The molecule has 2 saturated heterocycles. The van der Waals surface area contributed by atoms with Gasteiger partial charge in [-0.15, -0.1) is 0 Å². The first-order valence-electron chi connectivity index (χ1n) is 11.9. The van der Waals surface area contributed by atoms with Gasteiger partial charge in [0, 0.05) is 24.6 Å². The van der Waals surface area contributed by atoms with Crippen LogP contribution >= 0.6 is 20.0 Å². The van der Waals surface area contributed by atoms with Crippen molar-refractivity contribution in [2.75, 3.05) is 13.2 Å². The molecule has 2 aromatic heterocycles. The Morgan fingerprint density at radius 2 is 2.03 bits per heavy atom. The molecule has 3 aliphatic heterocycles. The highest BCUT2D eigenvalue weighted by Crippen LogP contribution is 2.49. The van der Waals surface area contributed by atoms with Gasteiger partial charge in [-0.2, -0.15) is 4.99 Å². The molecule has 0 saturated carbocycles. The molecule has 2 fully saturated rings. The number of H-pyrrole nitrogens is 1. The van der Waals surface area contributed by atoms with Crippen molar-refractivity contribution in [3.8, 4) is 0 Å². The van der Waals surface area contributed by atoms with Crippen molar-refractivity contribution >= 4 is 37.5 Å². The molecular weight excluding hydrogens is 557 g/mol. The van der Waals surface area contributed by atoms with Crippen LogP contribution in [0.1, 0.15) is 36.6 Å². The van der Waals surface area contributed by atoms with Crippen molar-refractivity contribution in [2.45, 2.75) is 56.6 Å². The quantitative estimate of drug-likeness (QED) is 0.178. The molecule has 3 aliphatic rings. The van der Waals surface area contributed by atoms with Crippen LogP contribution in [0.4, 0.5) is 5.82 Å². The van der Waals surface area contributed by atoms with Crippen LogP contribution in [0.2, 0.25) is 0 Å². The smallest absolute Gasteiger partial charge is 0.394 e. The largest absolute Gasteiger partial charge is 0.472 e. The normalized spacial score (nSPS) is 30.1. The molecule has 212 valence electrons. The van der Waals surface area contributed by atoms with E-state index in [4.69, 9.17) is 36.5 Å². The molecule has 2 aromatic rings. The highest BCUT2D eigenvalue weighted by Gasteiger charge is 2.43. The number of aliphatic imine (C=N–C) groups is 1. The lowest BCUT2D eigenvalue weighted by atomic mass is 10.2. The van der Waals surface area contributed by atoms with Crippen LogP contribution in [-0.2, 0) is 23.1 Å². The highest BCUT2D eigenvalue weighted by atomic mass is 32.1. The van der Waals surface area contributed by atoms with E-state index in [-0.39, 0.29) is 23.4 Å². The second-order valence-electron chi connectivity index (χ2n) is 9.29. The molecule has 39 heavy (non-hydrogen) atoms. The molecule has 3 unspecified atom stereocenters. The zero-order valence-electron chi connectivity index (χ0n) is 20.7. The van der Waals surface area contributed by atoms with Crippen LogP contribution in [0.15, 0.2) is 28.9 Å². The summed E-state index contributed by atoms with van der Waals surface area (Å²) in [6.07, 6.45) is -2.60. The van der Waals surface area contributed by atoms with Crippen LogP contribution in [0.3, 0.4) is 0 Å². The maximum Gasteiger partial charge on any atom is 0.472 e. The van der Waals surface area contributed by atoms with Crippen molar-refractivity contribution in [3.63, 3.8) is 0 Å². The third-order valence-corrected chi connectivity index (χ3v) is 8.00. The lowest BCUT2D eigenvalue weighted by Crippen LogP contribution is -2.32. The van der Waals surface area contributed by atoms with E-state index in [0.717, 1.165) is 0 Å². The molecule has 7 N–H and O–H groups in total. The zero-order valence-corrected chi connectivity index (χ0v) is 22.4. The van der Waals surface area contributed by atoms with Crippen LogP contribution in [-0.4, -0.2) is 77.8 Å². The van der Waals surface area contributed by atoms with Gasteiger partial charge in [0.15, 0.2) is 11.8 Å². The van der Waals surface area contributed by atoms with Crippen LogP contribution in [0.25, 0.3) is 5.70 Å². The fourth-order valence-electron chi connectivity index (χ4n) is 4.60. The van der Waals surface area contributed by atoms with Gasteiger partial charge >= 0.3 is 13.5 Å². The van der Waals surface area contributed by atoms with Crippen LogP contribution in [0.5, 0.6) is 0 Å². The molecule has 0 aliphatic carbocycles. The van der Waals surface area contributed by atoms with Gasteiger partial charge < -0.3 is 35.6 Å². The molecule has 16 nitrogen and oxygen atoms in total. The summed E-state index contributed by atoms with van der Waals surface area (Å²) in [5.41, 5.74) is 6.79. The summed E-state index contributed by atoms with van der Waals surface area (Å²) in [6, 6.07) is 0. The van der Waals surface area contributed by atoms with Gasteiger partial charge in [-0.25, -0.2) is 14.3 Å². The minimum Gasteiger partial charge on any atom is -0.394 e. The van der Waals surface area contributed by atoms with Gasteiger partial charge in [0.2, 0.25) is 0 Å². The number of nitrogens with one attached hydrogen (secondary N) is 2. The number of aliphatic hydroxyl groups is 2. The number of aliphatic hydroxyl groups excluding tert-OH is 2. The molecule has 0 bridgehead atoms. The molecule has 0 radical (unpaired) electrons. The zero-order chi connectivity index (χ0) is 28.1. The predicted molar refractivity (Wildman–Crippen MR) is 137 cm³/mol. The minimum absolute atomic E-state index is 0.0245. The first kappa shape index (κ1) is 27.8. The van der Waals surface area contributed by atoms with E-state index in [9.17, 15) is 24.5 Å². The molecule has 7 atom stereocenters. The average Bonchev–Trinajstić information content (AvgIpc) is 3.56. The van der Waals surface area contributed by atoms with Crippen LogP contribution < -0.4 is 16.7 Å². The Morgan fingerprint density at radius 3 is 2.77 bits per heavy atom. The Bertz CT molecular complexity index is 1470. The Morgan fingerprint density at radius 1 is 1.31 bits per heavy atom. The first-order valence-corrected chi connectivity index (χ1v) is 13.8. The molecular formula is C21H28N7O9PS. The van der Waals surface area contributed by atoms with E-state index in [2.05, 4.69) is 26.9 Å². The van der Waals surface area contributed by atoms with Crippen LogP contribution in [0, 0.1) is 11.6 Å². The van der Waals surface area contributed by atoms with Crippen molar-refractivity contribution in [2.24, 2.45) is 10.7 Å². The van der Waals surface area contributed by atoms with Gasteiger partial charge in [-0.05, 0) is 6.92 Å². The number of phosphoric ester groups is 1. The number of imidazole rings is 1. The lowest BCUT2D eigenvalue weighted by molar-refractivity contribution is -0.0566. The molecule has 5 rings (SSSR count). The van der Waals surface area contributed by atoms with E-state index >= 15 is 0 Å². The highest BCUT2D eigenvalue weighted by molar-refractivity contribution is 7.71. The van der Waals surface area contributed by atoms with Crippen molar-refractivity contribution in [3.05, 3.63) is 45.5 Å². The van der Waals surface area contributed by atoms with Gasteiger partial charge in [-0.3, -0.25) is 23.2 Å². The summed E-state index contributed by atoms with van der Waals surface area (Å²) in [4.78, 5) is 33.7. The third-order valence-electron chi connectivity index (χ3n) is 6.56. The molecule has 0 aromatic carbocycles. The number of rotatable bonds is 8. The maximum atomic E-state index is 12.8. The lowest BCUT2D eigenvalue weighted by Gasteiger charge is -2.22. The number of hydrogen-bond acceptors (Lipinski definition) is 13. The van der Waals surface area contributed by atoms with Gasteiger partial charge in [0.1, 0.15) is 41.1 Å².